The highest BCUT2D eigenvalue weighted by Gasteiger charge is 2.00. The number of aromatic nitrogens is 2. The van der Waals surface area contributed by atoms with Crippen LogP contribution in [0.3, 0.4) is 0 Å². The molecule has 0 spiro atoms. The van der Waals surface area contributed by atoms with Gasteiger partial charge in [-0.15, -0.1) is 11.6 Å². The van der Waals surface area contributed by atoms with Crippen LogP contribution >= 0.6 is 11.6 Å². The molecule has 0 fully saturated rings. The van der Waals surface area contributed by atoms with E-state index in [9.17, 15) is 0 Å². The molecule has 0 amide bonds. The van der Waals surface area contributed by atoms with Crippen LogP contribution < -0.4 is 9.47 Å². The number of rotatable bonds is 5. The summed E-state index contributed by atoms with van der Waals surface area (Å²) in [6.45, 7) is 0.435. The molecule has 0 bridgehead atoms. The average Bonchev–Trinajstić information content (AvgIpc) is 2.46. The molecule has 0 aliphatic carbocycles. The van der Waals surface area contributed by atoms with Gasteiger partial charge in [-0.05, 0) is 17.7 Å². The molecule has 0 saturated heterocycles. The maximum absolute atomic E-state index is 5.68. The van der Waals surface area contributed by atoms with Gasteiger partial charge in [0.25, 0.3) is 0 Å². The molecule has 2 rings (SSSR count). The van der Waals surface area contributed by atoms with E-state index in [0.29, 0.717) is 24.1 Å². The Morgan fingerprint density at radius 1 is 1.17 bits per heavy atom. The van der Waals surface area contributed by atoms with Gasteiger partial charge in [-0.25, -0.2) is 4.98 Å². The second-order valence-electron chi connectivity index (χ2n) is 3.62. The second kappa shape index (κ2) is 6.21. The van der Waals surface area contributed by atoms with Crippen molar-refractivity contribution in [2.24, 2.45) is 0 Å². The number of hydrogen-bond acceptors (Lipinski definition) is 4. The summed E-state index contributed by atoms with van der Waals surface area (Å²) in [5, 5.41) is 0. The van der Waals surface area contributed by atoms with Crippen molar-refractivity contribution in [1.29, 1.82) is 0 Å². The van der Waals surface area contributed by atoms with Crippen molar-refractivity contribution in [1.82, 2.24) is 9.97 Å². The maximum Gasteiger partial charge on any atom is 0.232 e. The fourth-order valence-corrected chi connectivity index (χ4v) is 1.53. The van der Waals surface area contributed by atoms with Crippen molar-refractivity contribution >= 4 is 11.6 Å². The van der Waals surface area contributed by atoms with Gasteiger partial charge in [-0.1, -0.05) is 12.1 Å². The van der Waals surface area contributed by atoms with Crippen molar-refractivity contribution in [3.05, 3.63) is 47.9 Å². The monoisotopic (exact) mass is 264 g/mol. The van der Waals surface area contributed by atoms with E-state index in [1.807, 2.05) is 24.3 Å². The summed E-state index contributed by atoms with van der Waals surface area (Å²) in [6, 6.07) is 7.66. The summed E-state index contributed by atoms with van der Waals surface area (Å²) < 4.78 is 10.6. The fraction of sp³-hybridized carbons (Fsp3) is 0.231. The molecule has 5 heteroatoms. The highest BCUT2D eigenvalue weighted by molar-refractivity contribution is 6.16. The van der Waals surface area contributed by atoms with E-state index in [0.717, 1.165) is 11.3 Å². The summed E-state index contributed by atoms with van der Waals surface area (Å²) in [7, 11) is 1.64. The number of halogens is 1. The largest absolute Gasteiger partial charge is 0.497 e. The Balaban J connectivity index is 1.97. The van der Waals surface area contributed by atoms with Crippen LogP contribution in [0.15, 0.2) is 36.7 Å². The van der Waals surface area contributed by atoms with Crippen LogP contribution in [-0.2, 0) is 12.5 Å². The van der Waals surface area contributed by atoms with E-state index in [2.05, 4.69) is 9.97 Å². The SMILES string of the molecule is COc1ccc(COc2cncc(CCl)n2)cc1. The van der Waals surface area contributed by atoms with E-state index < -0.39 is 0 Å². The molecule has 0 atom stereocenters. The van der Waals surface area contributed by atoms with Crippen molar-refractivity contribution in [2.45, 2.75) is 12.5 Å². The first-order valence-corrected chi connectivity index (χ1v) is 5.98. The molecule has 4 nitrogen and oxygen atoms in total. The van der Waals surface area contributed by atoms with Gasteiger partial charge in [-0.2, -0.15) is 0 Å². The van der Waals surface area contributed by atoms with Gasteiger partial charge in [0.1, 0.15) is 12.4 Å². The second-order valence-corrected chi connectivity index (χ2v) is 3.89. The lowest BCUT2D eigenvalue weighted by Gasteiger charge is -2.06. The van der Waals surface area contributed by atoms with Gasteiger partial charge < -0.3 is 9.47 Å². The number of ether oxygens (including phenoxy) is 2. The van der Waals surface area contributed by atoms with E-state index in [1.165, 1.54) is 0 Å². The zero-order valence-corrected chi connectivity index (χ0v) is 10.7. The Bertz CT molecular complexity index is 503. The van der Waals surface area contributed by atoms with Crippen molar-refractivity contribution in [3.63, 3.8) is 0 Å². The molecule has 0 saturated carbocycles. The predicted octanol–water partition coefficient (Wildman–Crippen LogP) is 2.80. The third-order valence-corrected chi connectivity index (χ3v) is 2.62. The van der Waals surface area contributed by atoms with E-state index in [1.54, 1.807) is 19.5 Å². The summed E-state index contributed by atoms with van der Waals surface area (Å²) in [5.74, 6) is 1.62. The molecule has 0 unspecified atom stereocenters. The maximum atomic E-state index is 5.68. The van der Waals surface area contributed by atoms with Crippen LogP contribution in [0.4, 0.5) is 0 Å². The Kier molecular flexibility index (Phi) is 4.36. The molecule has 0 radical (unpaired) electrons. The molecular formula is C13H13ClN2O2. The number of alkyl halides is 1. The lowest BCUT2D eigenvalue weighted by molar-refractivity contribution is 0.291. The molecule has 1 aromatic heterocycles. The van der Waals surface area contributed by atoms with Crippen LogP contribution in [0.25, 0.3) is 0 Å². The highest BCUT2D eigenvalue weighted by atomic mass is 35.5. The Hall–Kier alpha value is -1.81. The first-order chi connectivity index (χ1) is 8.81. The zero-order chi connectivity index (χ0) is 12.8. The van der Waals surface area contributed by atoms with E-state index >= 15 is 0 Å². The number of methoxy groups -OCH3 is 1. The van der Waals surface area contributed by atoms with Gasteiger partial charge >= 0.3 is 0 Å². The van der Waals surface area contributed by atoms with Crippen LogP contribution in [0.2, 0.25) is 0 Å². The van der Waals surface area contributed by atoms with Gasteiger partial charge in [0, 0.05) is 6.20 Å². The Morgan fingerprint density at radius 3 is 2.61 bits per heavy atom. The van der Waals surface area contributed by atoms with Crippen LogP contribution in [0.1, 0.15) is 11.3 Å². The molecule has 0 N–H and O–H groups in total. The number of nitrogens with zero attached hydrogens (tertiary/aromatic N) is 2. The average molecular weight is 265 g/mol. The number of benzene rings is 1. The number of hydrogen-bond donors (Lipinski definition) is 0. The molecule has 2 aromatic rings. The highest BCUT2D eigenvalue weighted by Crippen LogP contribution is 2.14. The van der Waals surface area contributed by atoms with Crippen LogP contribution in [0.5, 0.6) is 11.6 Å². The quantitative estimate of drug-likeness (QED) is 0.779. The van der Waals surface area contributed by atoms with Gasteiger partial charge in [0.2, 0.25) is 5.88 Å². The molecule has 0 aliphatic rings. The van der Waals surface area contributed by atoms with Crippen LogP contribution in [-0.4, -0.2) is 17.1 Å². The summed E-state index contributed by atoms with van der Waals surface area (Å²) in [4.78, 5) is 8.20. The topological polar surface area (TPSA) is 44.2 Å². The van der Waals surface area contributed by atoms with E-state index in [-0.39, 0.29) is 0 Å². The Labute approximate surface area is 111 Å². The summed E-state index contributed by atoms with van der Waals surface area (Å²) >= 11 is 5.68. The molecular weight excluding hydrogens is 252 g/mol. The first kappa shape index (κ1) is 12.6. The molecule has 1 heterocycles. The van der Waals surface area contributed by atoms with Crippen molar-refractivity contribution in [2.75, 3.05) is 7.11 Å². The van der Waals surface area contributed by atoms with E-state index in [4.69, 9.17) is 21.1 Å². The minimum absolute atomic E-state index is 0.326. The van der Waals surface area contributed by atoms with Gasteiger partial charge in [0.15, 0.2) is 0 Å². The summed E-state index contributed by atoms with van der Waals surface area (Å²) in [6.07, 6.45) is 3.19. The van der Waals surface area contributed by atoms with Crippen LogP contribution in [0, 0.1) is 0 Å². The molecule has 0 aliphatic heterocycles. The normalized spacial score (nSPS) is 10.1. The van der Waals surface area contributed by atoms with Gasteiger partial charge in [-0.3, -0.25) is 4.98 Å². The lowest BCUT2D eigenvalue weighted by atomic mass is 10.2. The minimum atomic E-state index is 0.326. The predicted molar refractivity (Wildman–Crippen MR) is 68.9 cm³/mol. The van der Waals surface area contributed by atoms with Crippen molar-refractivity contribution < 1.29 is 9.47 Å². The third-order valence-electron chi connectivity index (χ3n) is 2.35. The van der Waals surface area contributed by atoms with Gasteiger partial charge in [0.05, 0.1) is 24.9 Å². The molecule has 1 aromatic carbocycles. The fourth-order valence-electron chi connectivity index (χ4n) is 1.40. The molecule has 18 heavy (non-hydrogen) atoms. The lowest BCUT2D eigenvalue weighted by Crippen LogP contribution is -1.99. The van der Waals surface area contributed by atoms with Crippen molar-refractivity contribution in [3.8, 4) is 11.6 Å². The minimum Gasteiger partial charge on any atom is -0.497 e. The third kappa shape index (κ3) is 3.34. The zero-order valence-electron chi connectivity index (χ0n) is 9.97. The Morgan fingerprint density at radius 2 is 1.94 bits per heavy atom. The smallest absolute Gasteiger partial charge is 0.232 e. The standard InChI is InChI=1S/C13H13ClN2O2/c1-17-12-4-2-10(3-5-12)9-18-13-8-15-7-11(6-14)16-13/h2-5,7-8H,6,9H2,1H3. The first-order valence-electron chi connectivity index (χ1n) is 5.44. The molecule has 94 valence electrons. The summed E-state index contributed by atoms with van der Waals surface area (Å²) in [5.41, 5.74) is 1.73.